The van der Waals surface area contributed by atoms with Crippen LogP contribution >= 0.6 is 0 Å². The fourth-order valence-electron chi connectivity index (χ4n) is 3.99. The van der Waals surface area contributed by atoms with E-state index in [2.05, 4.69) is 29.4 Å². The van der Waals surface area contributed by atoms with E-state index in [0.717, 1.165) is 30.8 Å². The highest BCUT2D eigenvalue weighted by molar-refractivity contribution is 5.97. The maximum absolute atomic E-state index is 12.9. The quantitative estimate of drug-likeness (QED) is 0.591. The number of carbonyl (C=O) groups excluding carboxylic acids is 2. The second-order valence-electron chi connectivity index (χ2n) is 9.98. The van der Waals surface area contributed by atoms with E-state index in [0.29, 0.717) is 11.1 Å². The van der Waals surface area contributed by atoms with E-state index in [1.54, 1.807) is 26.0 Å². The van der Waals surface area contributed by atoms with Gasteiger partial charge in [0.1, 0.15) is 0 Å². The molecule has 0 saturated carbocycles. The third-order valence-corrected chi connectivity index (χ3v) is 5.72. The molecule has 2 aromatic carbocycles. The first-order valence-electron chi connectivity index (χ1n) is 11.3. The van der Waals surface area contributed by atoms with E-state index in [-0.39, 0.29) is 24.0 Å². The van der Waals surface area contributed by atoms with Crippen molar-refractivity contribution in [1.29, 1.82) is 0 Å². The lowest BCUT2D eigenvalue weighted by molar-refractivity contribution is 0.0866. The molecule has 3 N–H and O–H groups in total. The smallest absolute Gasteiger partial charge is 0.251 e. The van der Waals surface area contributed by atoms with Gasteiger partial charge in [0.15, 0.2) is 0 Å². The number of carbonyl (C=O) groups is 2. The minimum absolute atomic E-state index is 0.0849. The summed E-state index contributed by atoms with van der Waals surface area (Å²) in [4.78, 5) is 27.7. The first kappa shape index (κ1) is 24.0. The molecule has 32 heavy (non-hydrogen) atoms. The molecule has 0 radical (unpaired) electrons. The summed E-state index contributed by atoms with van der Waals surface area (Å²) >= 11 is 0. The van der Waals surface area contributed by atoms with Crippen molar-refractivity contribution < 1.29 is 14.7 Å². The molecule has 0 spiro atoms. The van der Waals surface area contributed by atoms with E-state index >= 15 is 0 Å². The number of nitrogens with zero attached hydrogens (tertiary/aromatic N) is 1. The lowest BCUT2D eigenvalue weighted by Gasteiger charge is -2.31. The van der Waals surface area contributed by atoms with Gasteiger partial charge in [0.05, 0.1) is 12.1 Å². The van der Waals surface area contributed by atoms with Gasteiger partial charge in [-0.15, -0.1) is 0 Å². The van der Waals surface area contributed by atoms with Crippen LogP contribution in [0.3, 0.4) is 0 Å². The SMILES string of the molecule is CC(C)(CO)NC(=O)c1ccc(-c2cccc(C(=O)NC(C)(C)CN3CCCC3)c2)cc1. The topological polar surface area (TPSA) is 81.7 Å². The minimum Gasteiger partial charge on any atom is -0.394 e. The first-order valence-corrected chi connectivity index (χ1v) is 11.3. The zero-order chi connectivity index (χ0) is 23.4. The summed E-state index contributed by atoms with van der Waals surface area (Å²) in [6.45, 7) is 10.6. The number of benzene rings is 2. The Morgan fingerprint density at radius 1 is 0.844 bits per heavy atom. The molecule has 0 unspecified atom stereocenters. The van der Waals surface area contributed by atoms with Gasteiger partial charge >= 0.3 is 0 Å². The lowest BCUT2D eigenvalue weighted by Crippen LogP contribution is -2.51. The Morgan fingerprint density at radius 3 is 2.06 bits per heavy atom. The van der Waals surface area contributed by atoms with Crippen LogP contribution < -0.4 is 10.6 Å². The predicted octanol–water partition coefficient (Wildman–Crippen LogP) is 3.46. The van der Waals surface area contributed by atoms with Crippen molar-refractivity contribution in [1.82, 2.24) is 15.5 Å². The second-order valence-corrected chi connectivity index (χ2v) is 9.98. The fraction of sp³-hybridized carbons (Fsp3) is 0.462. The normalized spacial score (nSPS) is 14.9. The van der Waals surface area contributed by atoms with Crippen LogP contribution in [0, 0.1) is 0 Å². The average molecular weight is 438 g/mol. The first-order chi connectivity index (χ1) is 15.1. The van der Waals surface area contributed by atoms with Crippen molar-refractivity contribution in [2.24, 2.45) is 0 Å². The molecule has 172 valence electrons. The zero-order valence-corrected chi connectivity index (χ0v) is 19.6. The van der Waals surface area contributed by atoms with E-state index in [4.69, 9.17) is 0 Å². The summed E-state index contributed by atoms with van der Waals surface area (Å²) in [5.74, 6) is -0.317. The number of rotatable bonds is 8. The monoisotopic (exact) mass is 437 g/mol. The van der Waals surface area contributed by atoms with Gasteiger partial charge in [-0.25, -0.2) is 0 Å². The summed E-state index contributed by atoms with van der Waals surface area (Å²) in [5.41, 5.74) is 1.98. The van der Waals surface area contributed by atoms with Gasteiger partial charge in [0.2, 0.25) is 0 Å². The number of hydrogen-bond donors (Lipinski definition) is 3. The fourth-order valence-corrected chi connectivity index (χ4v) is 3.99. The Balaban J connectivity index is 1.68. The highest BCUT2D eigenvalue weighted by Gasteiger charge is 2.26. The van der Waals surface area contributed by atoms with Gasteiger partial charge in [-0.3, -0.25) is 9.59 Å². The Bertz CT molecular complexity index is 945. The highest BCUT2D eigenvalue weighted by Crippen LogP contribution is 2.22. The van der Waals surface area contributed by atoms with Crippen LogP contribution in [-0.2, 0) is 0 Å². The van der Waals surface area contributed by atoms with Crippen LogP contribution in [0.15, 0.2) is 48.5 Å². The molecule has 0 aromatic heterocycles. The molecule has 2 aromatic rings. The predicted molar refractivity (Wildman–Crippen MR) is 128 cm³/mol. The van der Waals surface area contributed by atoms with Crippen LogP contribution in [0.25, 0.3) is 11.1 Å². The van der Waals surface area contributed by atoms with Gasteiger partial charge in [-0.05, 0) is 89.0 Å². The molecule has 0 atom stereocenters. The van der Waals surface area contributed by atoms with E-state index in [9.17, 15) is 14.7 Å². The number of hydrogen-bond acceptors (Lipinski definition) is 4. The molecule has 1 fully saturated rings. The number of aliphatic hydroxyl groups excluding tert-OH is 1. The number of amides is 2. The van der Waals surface area contributed by atoms with Crippen LogP contribution in [0.4, 0.5) is 0 Å². The van der Waals surface area contributed by atoms with E-state index in [1.165, 1.54) is 12.8 Å². The molecular formula is C26H35N3O3. The summed E-state index contributed by atoms with van der Waals surface area (Å²) in [5, 5.41) is 15.3. The molecule has 6 nitrogen and oxygen atoms in total. The average Bonchev–Trinajstić information content (AvgIpc) is 3.25. The third kappa shape index (κ3) is 6.40. The Hall–Kier alpha value is -2.70. The molecule has 0 bridgehead atoms. The van der Waals surface area contributed by atoms with E-state index in [1.807, 2.05) is 36.4 Å². The molecule has 3 rings (SSSR count). The highest BCUT2D eigenvalue weighted by atomic mass is 16.3. The Labute approximate surface area is 191 Å². The molecule has 0 aliphatic carbocycles. The maximum Gasteiger partial charge on any atom is 0.251 e. The van der Waals surface area contributed by atoms with Gasteiger partial charge in [0.25, 0.3) is 11.8 Å². The van der Waals surface area contributed by atoms with Crippen LogP contribution in [0.1, 0.15) is 61.3 Å². The zero-order valence-electron chi connectivity index (χ0n) is 19.6. The van der Waals surface area contributed by atoms with Crippen LogP contribution in [-0.4, -0.2) is 59.1 Å². The minimum atomic E-state index is -0.681. The lowest BCUT2D eigenvalue weighted by atomic mass is 9.99. The number of likely N-dealkylation sites (tertiary alicyclic amines) is 1. The van der Waals surface area contributed by atoms with Crippen LogP contribution in [0.2, 0.25) is 0 Å². The van der Waals surface area contributed by atoms with Gasteiger partial charge in [-0.2, -0.15) is 0 Å². The van der Waals surface area contributed by atoms with Crippen molar-refractivity contribution in [3.05, 3.63) is 59.7 Å². The molecular weight excluding hydrogens is 402 g/mol. The molecule has 2 amide bonds. The van der Waals surface area contributed by atoms with Crippen molar-refractivity contribution in [3.63, 3.8) is 0 Å². The van der Waals surface area contributed by atoms with Gasteiger partial charge < -0.3 is 20.6 Å². The Kier molecular flexibility index (Phi) is 7.36. The summed E-state index contributed by atoms with van der Waals surface area (Å²) in [7, 11) is 0. The molecule has 6 heteroatoms. The van der Waals surface area contributed by atoms with Gasteiger partial charge in [-0.1, -0.05) is 24.3 Å². The van der Waals surface area contributed by atoms with Gasteiger partial charge in [0, 0.05) is 23.2 Å². The summed E-state index contributed by atoms with van der Waals surface area (Å²) in [6, 6.07) is 14.8. The standard InChI is InChI=1S/C26H35N3O3/c1-25(2,17-29-14-5-6-15-29)27-24(32)22-9-7-8-21(16-22)19-10-12-20(13-11-19)23(31)28-26(3,4)18-30/h7-13,16,30H,5-6,14-15,17-18H2,1-4H3,(H,27,32)(H,28,31). The van der Waals surface area contributed by atoms with Crippen molar-refractivity contribution in [2.45, 2.75) is 51.6 Å². The number of nitrogens with one attached hydrogen (secondary N) is 2. The molecule has 1 saturated heterocycles. The van der Waals surface area contributed by atoms with Crippen molar-refractivity contribution >= 4 is 11.8 Å². The van der Waals surface area contributed by atoms with Crippen LogP contribution in [0.5, 0.6) is 0 Å². The number of aliphatic hydroxyl groups is 1. The Morgan fingerprint density at radius 2 is 1.44 bits per heavy atom. The third-order valence-electron chi connectivity index (χ3n) is 5.72. The summed E-state index contributed by atoms with van der Waals surface area (Å²) in [6.07, 6.45) is 2.46. The largest absolute Gasteiger partial charge is 0.394 e. The molecule has 1 aliphatic heterocycles. The molecule has 1 heterocycles. The molecule has 1 aliphatic rings. The summed E-state index contributed by atoms with van der Waals surface area (Å²) < 4.78 is 0. The van der Waals surface area contributed by atoms with E-state index < -0.39 is 5.54 Å². The van der Waals surface area contributed by atoms with Crippen molar-refractivity contribution in [3.8, 4) is 11.1 Å². The second kappa shape index (κ2) is 9.84. The maximum atomic E-state index is 12.9. The van der Waals surface area contributed by atoms with Crippen molar-refractivity contribution in [2.75, 3.05) is 26.2 Å².